The molecule has 4 atom stereocenters. The molecule has 0 spiro atoms. The van der Waals surface area contributed by atoms with Crippen molar-refractivity contribution < 1.29 is 34.1 Å². The van der Waals surface area contributed by atoms with Crippen LogP contribution in [0.3, 0.4) is 0 Å². The average Bonchev–Trinajstić information content (AvgIpc) is 3.31. The SMILES string of the molecule is NC(=O)c1ncn(C2OC(COC(=O)CNC(=O)c3ccccc3)[C@@H](O)C2O)n1. The highest BCUT2D eigenvalue weighted by atomic mass is 16.6. The van der Waals surface area contributed by atoms with Gasteiger partial charge in [0, 0.05) is 5.56 Å². The van der Waals surface area contributed by atoms with Crippen LogP contribution in [0.4, 0.5) is 0 Å². The average molecular weight is 405 g/mol. The molecule has 1 fully saturated rings. The Morgan fingerprint density at radius 1 is 1.21 bits per heavy atom. The number of benzene rings is 1. The van der Waals surface area contributed by atoms with Gasteiger partial charge in [-0.15, -0.1) is 5.10 Å². The van der Waals surface area contributed by atoms with Crippen molar-refractivity contribution in [3.8, 4) is 0 Å². The van der Waals surface area contributed by atoms with Gasteiger partial charge in [-0.3, -0.25) is 14.4 Å². The largest absolute Gasteiger partial charge is 0.461 e. The summed E-state index contributed by atoms with van der Waals surface area (Å²) in [6.45, 7) is -0.750. The van der Waals surface area contributed by atoms with Crippen molar-refractivity contribution in [2.24, 2.45) is 5.73 Å². The van der Waals surface area contributed by atoms with Gasteiger partial charge in [-0.1, -0.05) is 18.2 Å². The normalized spacial score (nSPS) is 23.5. The number of carbonyl (C=O) groups excluding carboxylic acids is 3. The van der Waals surface area contributed by atoms with Crippen LogP contribution < -0.4 is 11.1 Å². The van der Waals surface area contributed by atoms with Crippen molar-refractivity contribution in [3.05, 3.63) is 48.0 Å². The van der Waals surface area contributed by atoms with Crippen LogP contribution in [0.1, 0.15) is 27.2 Å². The quantitative estimate of drug-likeness (QED) is 0.378. The standard InChI is InChI=1S/C17H19N5O7/c18-14(26)15-20-8-22(21-15)17-13(25)12(24)10(29-17)7-28-11(23)6-19-16(27)9-4-2-1-3-5-9/h1-5,8,10,12-13,17,24-25H,6-7H2,(H2,18,26)(H,19,27)/t10?,12-,13?,17?/m1/s1. The monoisotopic (exact) mass is 405 g/mol. The summed E-state index contributed by atoms with van der Waals surface area (Å²) in [6, 6.07) is 8.33. The Kier molecular flexibility index (Phi) is 6.16. The van der Waals surface area contributed by atoms with Crippen molar-refractivity contribution in [1.29, 1.82) is 0 Å². The van der Waals surface area contributed by atoms with E-state index in [1.807, 2.05) is 0 Å². The molecule has 0 bridgehead atoms. The maximum Gasteiger partial charge on any atom is 0.325 e. The zero-order valence-electron chi connectivity index (χ0n) is 15.0. The molecule has 1 aliphatic heterocycles. The number of nitrogens with one attached hydrogen (secondary N) is 1. The number of carbonyl (C=O) groups is 3. The fourth-order valence-electron chi connectivity index (χ4n) is 2.67. The molecule has 1 aromatic heterocycles. The number of primary amides is 1. The van der Waals surface area contributed by atoms with E-state index >= 15 is 0 Å². The first-order valence-electron chi connectivity index (χ1n) is 8.58. The molecule has 5 N–H and O–H groups in total. The summed E-state index contributed by atoms with van der Waals surface area (Å²) in [5, 5.41) is 26.4. The van der Waals surface area contributed by atoms with E-state index < -0.39 is 42.3 Å². The molecule has 3 rings (SSSR count). The van der Waals surface area contributed by atoms with Crippen LogP contribution in [-0.2, 0) is 14.3 Å². The van der Waals surface area contributed by atoms with Crippen molar-refractivity contribution >= 4 is 17.8 Å². The van der Waals surface area contributed by atoms with Crippen LogP contribution in [0.25, 0.3) is 0 Å². The topological polar surface area (TPSA) is 179 Å². The van der Waals surface area contributed by atoms with Gasteiger partial charge in [0.05, 0.1) is 0 Å². The minimum Gasteiger partial charge on any atom is -0.461 e. The lowest BCUT2D eigenvalue weighted by Crippen LogP contribution is -2.36. The van der Waals surface area contributed by atoms with Gasteiger partial charge < -0.3 is 30.7 Å². The number of amides is 2. The zero-order chi connectivity index (χ0) is 21.0. The van der Waals surface area contributed by atoms with Gasteiger partial charge in [0.25, 0.3) is 11.8 Å². The van der Waals surface area contributed by atoms with Gasteiger partial charge in [0.2, 0.25) is 5.82 Å². The Bertz CT molecular complexity index is 887. The molecule has 2 amide bonds. The molecule has 154 valence electrons. The van der Waals surface area contributed by atoms with Crippen LogP contribution in [0.2, 0.25) is 0 Å². The lowest BCUT2D eigenvalue weighted by atomic mass is 10.1. The molecule has 2 aromatic rings. The highest BCUT2D eigenvalue weighted by Gasteiger charge is 2.45. The number of aliphatic hydroxyl groups excluding tert-OH is 2. The number of nitrogens with two attached hydrogens (primary N) is 1. The summed E-state index contributed by atoms with van der Waals surface area (Å²) >= 11 is 0. The second-order valence-corrected chi connectivity index (χ2v) is 6.19. The van der Waals surface area contributed by atoms with Crippen LogP contribution in [0.5, 0.6) is 0 Å². The summed E-state index contributed by atoms with van der Waals surface area (Å²) in [5.41, 5.74) is 5.46. The molecular weight excluding hydrogens is 386 g/mol. The second kappa shape index (κ2) is 8.77. The molecule has 1 aliphatic rings. The number of rotatable bonds is 7. The maximum atomic E-state index is 11.9. The number of aliphatic hydroxyl groups is 2. The lowest BCUT2D eigenvalue weighted by Gasteiger charge is -2.14. The van der Waals surface area contributed by atoms with E-state index in [0.29, 0.717) is 5.56 Å². The third-order valence-electron chi connectivity index (χ3n) is 4.16. The fourth-order valence-corrected chi connectivity index (χ4v) is 2.67. The molecule has 0 radical (unpaired) electrons. The predicted octanol–water partition coefficient (Wildman–Crippen LogP) is -2.03. The van der Waals surface area contributed by atoms with E-state index in [1.54, 1.807) is 30.3 Å². The van der Waals surface area contributed by atoms with Gasteiger partial charge in [-0.05, 0) is 12.1 Å². The molecule has 0 saturated carbocycles. The van der Waals surface area contributed by atoms with Crippen LogP contribution in [-0.4, -0.2) is 74.2 Å². The first-order chi connectivity index (χ1) is 13.9. The van der Waals surface area contributed by atoms with Crippen molar-refractivity contribution in [1.82, 2.24) is 20.1 Å². The molecule has 2 heterocycles. The van der Waals surface area contributed by atoms with Gasteiger partial charge in [-0.2, -0.15) is 0 Å². The number of hydrogen-bond acceptors (Lipinski definition) is 9. The number of nitrogens with zero attached hydrogens (tertiary/aromatic N) is 3. The first-order valence-corrected chi connectivity index (χ1v) is 8.58. The van der Waals surface area contributed by atoms with Gasteiger partial charge in [0.1, 0.15) is 37.8 Å². The Hall–Kier alpha value is -3.35. The molecule has 29 heavy (non-hydrogen) atoms. The molecule has 1 saturated heterocycles. The van der Waals surface area contributed by atoms with E-state index in [1.165, 1.54) is 0 Å². The summed E-state index contributed by atoms with van der Waals surface area (Å²) in [4.78, 5) is 38.5. The molecule has 3 unspecified atom stereocenters. The Balaban J connectivity index is 1.49. The predicted molar refractivity (Wildman–Crippen MR) is 94.2 cm³/mol. The van der Waals surface area contributed by atoms with E-state index in [4.69, 9.17) is 15.2 Å². The van der Waals surface area contributed by atoms with E-state index in [-0.39, 0.29) is 19.0 Å². The molecule has 0 aliphatic carbocycles. The summed E-state index contributed by atoms with van der Waals surface area (Å²) in [6.07, 6.45) is -3.86. The summed E-state index contributed by atoms with van der Waals surface area (Å²) in [5.74, 6) is -2.33. The van der Waals surface area contributed by atoms with E-state index in [9.17, 15) is 24.6 Å². The van der Waals surface area contributed by atoms with Crippen molar-refractivity contribution in [2.75, 3.05) is 13.2 Å². The molecule has 12 nitrogen and oxygen atoms in total. The van der Waals surface area contributed by atoms with E-state index in [0.717, 1.165) is 11.0 Å². The van der Waals surface area contributed by atoms with Crippen molar-refractivity contribution in [3.63, 3.8) is 0 Å². The van der Waals surface area contributed by atoms with Gasteiger partial charge >= 0.3 is 5.97 Å². The third kappa shape index (κ3) is 4.74. The van der Waals surface area contributed by atoms with Gasteiger partial charge in [0.15, 0.2) is 6.23 Å². The zero-order valence-corrected chi connectivity index (χ0v) is 15.0. The molecular formula is C17H19N5O7. The highest BCUT2D eigenvalue weighted by Crippen LogP contribution is 2.28. The molecule has 1 aromatic carbocycles. The number of hydrogen-bond donors (Lipinski definition) is 4. The Morgan fingerprint density at radius 3 is 2.59 bits per heavy atom. The van der Waals surface area contributed by atoms with E-state index in [2.05, 4.69) is 15.4 Å². The Labute approximate surface area is 164 Å². The number of aromatic nitrogens is 3. The molecule has 12 heteroatoms. The number of esters is 1. The fraction of sp³-hybridized carbons (Fsp3) is 0.353. The minimum absolute atomic E-state index is 0.278. The summed E-state index contributed by atoms with van der Waals surface area (Å²) in [7, 11) is 0. The van der Waals surface area contributed by atoms with Gasteiger partial charge in [-0.25, -0.2) is 9.67 Å². The first kappa shape index (κ1) is 20.4. The second-order valence-electron chi connectivity index (χ2n) is 6.19. The highest BCUT2D eigenvalue weighted by molar-refractivity contribution is 5.95. The van der Waals surface area contributed by atoms with Crippen molar-refractivity contribution in [2.45, 2.75) is 24.5 Å². The lowest BCUT2D eigenvalue weighted by molar-refractivity contribution is -0.149. The van der Waals surface area contributed by atoms with Crippen LogP contribution in [0.15, 0.2) is 36.7 Å². The third-order valence-corrected chi connectivity index (χ3v) is 4.16. The smallest absolute Gasteiger partial charge is 0.325 e. The maximum absolute atomic E-state index is 11.9. The van der Waals surface area contributed by atoms with Crippen LogP contribution in [0, 0.1) is 0 Å². The summed E-state index contributed by atoms with van der Waals surface area (Å²) < 4.78 is 11.5. The number of ether oxygens (including phenoxy) is 2. The minimum atomic E-state index is -1.40. The van der Waals surface area contributed by atoms with Crippen LogP contribution >= 0.6 is 0 Å². The Morgan fingerprint density at radius 2 is 1.93 bits per heavy atom.